The third-order valence-electron chi connectivity index (χ3n) is 4.27. The monoisotopic (exact) mass is 388 g/mol. The Morgan fingerprint density at radius 3 is 2.31 bits per heavy atom. The van der Waals surface area contributed by atoms with Gasteiger partial charge in [0.2, 0.25) is 5.91 Å². The molecular weight excluding hydrogens is 364 g/mol. The predicted molar refractivity (Wildman–Crippen MR) is 97.4 cm³/mol. The maximum atomic E-state index is 12.2. The minimum Gasteiger partial charge on any atom is -0.496 e. The van der Waals surface area contributed by atoms with Crippen LogP contribution in [-0.4, -0.2) is 62.3 Å². The Morgan fingerprint density at radius 2 is 1.81 bits per heavy atom. The second kappa shape index (κ2) is 10.1. The van der Waals surface area contributed by atoms with E-state index in [-0.39, 0.29) is 31.4 Å². The Bertz CT molecular complexity index is 615. The second-order valence-corrected chi connectivity index (χ2v) is 5.75. The molecule has 2 N–H and O–H groups in total. The SMILES string of the molecule is COc1cc(OC)c(CNC(=O)CN2CCC[C@H]2C(=O)O)c(OC)c1.Cl. The third kappa shape index (κ3) is 5.15. The number of carboxylic acid groups (broad SMARTS) is 1. The maximum Gasteiger partial charge on any atom is 0.320 e. The van der Waals surface area contributed by atoms with Gasteiger partial charge in [-0.2, -0.15) is 0 Å². The van der Waals surface area contributed by atoms with Crippen LogP contribution in [0.4, 0.5) is 0 Å². The number of amides is 1. The summed E-state index contributed by atoms with van der Waals surface area (Å²) in [7, 11) is 4.60. The lowest BCUT2D eigenvalue weighted by Crippen LogP contribution is -2.42. The molecule has 1 amide bonds. The zero-order chi connectivity index (χ0) is 18.4. The fraction of sp³-hybridized carbons (Fsp3) is 0.529. The number of nitrogens with one attached hydrogen (secondary N) is 1. The standard InChI is InChI=1S/C17H24N2O6.ClH/c1-23-11-7-14(24-2)12(15(8-11)25-3)9-18-16(20)10-19-6-4-5-13(19)17(21)22;/h7-8,13H,4-6,9-10H2,1-3H3,(H,18,20)(H,21,22);1H/t13-;/m0./s1. The zero-order valence-corrected chi connectivity index (χ0v) is 15.9. The molecule has 8 nitrogen and oxygen atoms in total. The highest BCUT2D eigenvalue weighted by Crippen LogP contribution is 2.33. The number of rotatable bonds is 8. The summed E-state index contributed by atoms with van der Waals surface area (Å²) in [6.07, 6.45) is 1.35. The van der Waals surface area contributed by atoms with E-state index >= 15 is 0 Å². The molecule has 1 aromatic rings. The fourth-order valence-corrected chi connectivity index (χ4v) is 2.97. The number of carboxylic acids is 1. The van der Waals surface area contributed by atoms with E-state index in [0.717, 1.165) is 6.42 Å². The van der Waals surface area contributed by atoms with E-state index in [0.29, 0.717) is 35.8 Å². The average Bonchev–Trinajstić information content (AvgIpc) is 3.07. The van der Waals surface area contributed by atoms with Crippen molar-refractivity contribution in [2.45, 2.75) is 25.4 Å². The lowest BCUT2D eigenvalue weighted by molar-refractivity contribution is -0.142. The molecule has 0 unspecified atom stereocenters. The molecule has 1 aromatic carbocycles. The smallest absolute Gasteiger partial charge is 0.320 e. The first kappa shape index (κ1) is 21.9. The molecule has 1 fully saturated rings. The van der Waals surface area contributed by atoms with Crippen LogP contribution < -0.4 is 19.5 Å². The Balaban J connectivity index is 0.00000338. The molecule has 0 bridgehead atoms. The molecule has 26 heavy (non-hydrogen) atoms. The molecule has 0 aliphatic carbocycles. The van der Waals surface area contributed by atoms with Crippen molar-refractivity contribution in [3.63, 3.8) is 0 Å². The van der Waals surface area contributed by atoms with Crippen molar-refractivity contribution in [3.8, 4) is 17.2 Å². The van der Waals surface area contributed by atoms with Crippen LogP contribution in [0.1, 0.15) is 18.4 Å². The minimum absolute atomic E-state index is 0. The molecule has 1 saturated heterocycles. The van der Waals surface area contributed by atoms with Gasteiger partial charge in [0.25, 0.3) is 0 Å². The molecule has 1 heterocycles. The summed E-state index contributed by atoms with van der Waals surface area (Å²) in [4.78, 5) is 25.1. The molecule has 1 atom stereocenters. The molecule has 0 spiro atoms. The van der Waals surface area contributed by atoms with Gasteiger partial charge in [-0.25, -0.2) is 0 Å². The van der Waals surface area contributed by atoms with Crippen LogP contribution in [-0.2, 0) is 16.1 Å². The van der Waals surface area contributed by atoms with Gasteiger partial charge in [0.1, 0.15) is 23.3 Å². The molecule has 1 aliphatic heterocycles. The molecule has 2 rings (SSSR count). The number of methoxy groups -OCH3 is 3. The highest BCUT2D eigenvalue weighted by atomic mass is 35.5. The van der Waals surface area contributed by atoms with Gasteiger partial charge in [0.15, 0.2) is 0 Å². The summed E-state index contributed by atoms with van der Waals surface area (Å²) < 4.78 is 15.9. The lowest BCUT2D eigenvalue weighted by Gasteiger charge is -2.21. The van der Waals surface area contributed by atoms with Crippen LogP contribution >= 0.6 is 12.4 Å². The summed E-state index contributed by atoms with van der Waals surface area (Å²) >= 11 is 0. The topological polar surface area (TPSA) is 97.3 Å². The van der Waals surface area contributed by atoms with Gasteiger partial charge in [-0.1, -0.05) is 0 Å². The highest BCUT2D eigenvalue weighted by molar-refractivity contribution is 5.85. The van der Waals surface area contributed by atoms with Crippen molar-refractivity contribution in [1.29, 1.82) is 0 Å². The van der Waals surface area contributed by atoms with Crippen molar-refractivity contribution >= 4 is 24.3 Å². The summed E-state index contributed by atoms with van der Waals surface area (Å²) in [6.45, 7) is 0.873. The van der Waals surface area contributed by atoms with Crippen LogP contribution in [0.2, 0.25) is 0 Å². The highest BCUT2D eigenvalue weighted by Gasteiger charge is 2.31. The van der Waals surface area contributed by atoms with E-state index in [1.165, 1.54) is 14.2 Å². The molecule has 9 heteroatoms. The van der Waals surface area contributed by atoms with Crippen molar-refractivity contribution in [3.05, 3.63) is 17.7 Å². The third-order valence-corrected chi connectivity index (χ3v) is 4.27. The van der Waals surface area contributed by atoms with Gasteiger partial charge in [-0.05, 0) is 19.4 Å². The predicted octanol–water partition coefficient (Wildman–Crippen LogP) is 1.30. The Hall–Kier alpha value is -2.19. The summed E-state index contributed by atoms with van der Waals surface area (Å²) in [5, 5.41) is 12.0. The van der Waals surface area contributed by atoms with Gasteiger partial charge in [0, 0.05) is 12.1 Å². The number of benzene rings is 1. The van der Waals surface area contributed by atoms with Crippen molar-refractivity contribution in [2.75, 3.05) is 34.4 Å². The van der Waals surface area contributed by atoms with Crippen LogP contribution in [0.3, 0.4) is 0 Å². The molecule has 0 saturated carbocycles. The van der Waals surface area contributed by atoms with Gasteiger partial charge in [-0.3, -0.25) is 14.5 Å². The second-order valence-electron chi connectivity index (χ2n) is 5.75. The van der Waals surface area contributed by atoms with E-state index in [9.17, 15) is 14.7 Å². The fourth-order valence-electron chi connectivity index (χ4n) is 2.97. The maximum absolute atomic E-state index is 12.2. The summed E-state index contributed by atoms with van der Waals surface area (Å²) in [5.41, 5.74) is 0.690. The first-order chi connectivity index (χ1) is 12.0. The van der Waals surface area contributed by atoms with E-state index in [4.69, 9.17) is 14.2 Å². The number of likely N-dealkylation sites (tertiary alicyclic amines) is 1. The molecule has 0 aromatic heterocycles. The van der Waals surface area contributed by atoms with Gasteiger partial charge < -0.3 is 24.6 Å². The first-order valence-corrected chi connectivity index (χ1v) is 8.02. The number of carbonyl (C=O) groups excluding carboxylic acids is 1. The number of halogens is 1. The molecular formula is C17H25ClN2O6. The molecule has 1 aliphatic rings. The number of hydrogen-bond acceptors (Lipinski definition) is 6. The normalized spacial score (nSPS) is 16.5. The lowest BCUT2D eigenvalue weighted by atomic mass is 10.1. The van der Waals surface area contributed by atoms with Crippen molar-refractivity contribution in [2.24, 2.45) is 0 Å². The zero-order valence-electron chi connectivity index (χ0n) is 15.1. The van der Waals surface area contributed by atoms with Crippen molar-refractivity contribution in [1.82, 2.24) is 10.2 Å². The van der Waals surface area contributed by atoms with Crippen LogP contribution in [0.5, 0.6) is 17.2 Å². The Kier molecular flexibility index (Phi) is 8.47. The first-order valence-electron chi connectivity index (χ1n) is 8.02. The molecule has 146 valence electrons. The van der Waals surface area contributed by atoms with Crippen LogP contribution in [0.25, 0.3) is 0 Å². The largest absolute Gasteiger partial charge is 0.496 e. The van der Waals surface area contributed by atoms with E-state index in [1.807, 2.05) is 0 Å². The number of aliphatic carboxylic acids is 1. The number of hydrogen-bond donors (Lipinski definition) is 2. The van der Waals surface area contributed by atoms with Gasteiger partial charge in [0.05, 0.1) is 40.0 Å². The minimum atomic E-state index is -0.885. The van der Waals surface area contributed by atoms with Crippen LogP contribution in [0.15, 0.2) is 12.1 Å². The number of ether oxygens (including phenoxy) is 3. The van der Waals surface area contributed by atoms with Crippen LogP contribution in [0, 0.1) is 0 Å². The quantitative estimate of drug-likeness (QED) is 0.692. The van der Waals surface area contributed by atoms with E-state index in [2.05, 4.69) is 5.32 Å². The number of nitrogens with zero attached hydrogens (tertiary/aromatic N) is 1. The van der Waals surface area contributed by atoms with E-state index in [1.54, 1.807) is 24.1 Å². The van der Waals surface area contributed by atoms with E-state index < -0.39 is 12.0 Å². The average molecular weight is 389 g/mol. The Morgan fingerprint density at radius 1 is 1.19 bits per heavy atom. The summed E-state index contributed by atoms with van der Waals surface area (Å²) in [6, 6.07) is 2.84. The summed E-state index contributed by atoms with van der Waals surface area (Å²) in [5.74, 6) is 0.546. The Labute approximate surface area is 158 Å². The number of carbonyl (C=O) groups is 2. The van der Waals surface area contributed by atoms with Crippen molar-refractivity contribution < 1.29 is 28.9 Å². The molecule has 0 radical (unpaired) electrons. The van der Waals surface area contributed by atoms with Gasteiger partial charge >= 0.3 is 5.97 Å². The van der Waals surface area contributed by atoms with Gasteiger partial charge in [-0.15, -0.1) is 12.4 Å².